The van der Waals surface area contributed by atoms with Crippen molar-refractivity contribution in [3.05, 3.63) is 87.9 Å². The van der Waals surface area contributed by atoms with E-state index in [0.717, 1.165) is 6.20 Å². The molecule has 0 aliphatic carbocycles. The van der Waals surface area contributed by atoms with Crippen molar-refractivity contribution in [3.8, 4) is 11.1 Å². The third-order valence-corrected chi connectivity index (χ3v) is 5.21. The Balaban J connectivity index is 1.78. The van der Waals surface area contributed by atoms with E-state index < -0.39 is 11.5 Å². The first-order valence-corrected chi connectivity index (χ1v) is 9.41. The zero-order chi connectivity index (χ0) is 20.3. The number of rotatable bonds is 6. The third-order valence-electron chi connectivity index (χ3n) is 4.56. The lowest BCUT2D eigenvalue weighted by atomic mass is 9.89. The van der Waals surface area contributed by atoms with Crippen LogP contribution in [0.25, 0.3) is 11.1 Å². The molecule has 0 bridgehead atoms. The van der Waals surface area contributed by atoms with Crippen LogP contribution < -0.4 is 0 Å². The predicted octanol–water partition coefficient (Wildman–Crippen LogP) is 7.04. The minimum absolute atomic E-state index is 0.0113. The first-order chi connectivity index (χ1) is 13.3. The third kappa shape index (κ3) is 4.57. The Morgan fingerprint density at radius 3 is 2.46 bits per heavy atom. The Morgan fingerprint density at radius 2 is 1.79 bits per heavy atom. The van der Waals surface area contributed by atoms with Crippen LogP contribution >= 0.6 is 23.2 Å². The van der Waals surface area contributed by atoms with Gasteiger partial charge in [0.25, 0.3) is 0 Å². The van der Waals surface area contributed by atoms with Gasteiger partial charge >= 0.3 is 0 Å². The van der Waals surface area contributed by atoms with E-state index in [1.807, 2.05) is 0 Å². The largest absolute Gasteiger partial charge is 0.294 e. The number of nitrogens with zero attached hydrogens (tertiary/aromatic N) is 1. The fraction of sp³-hybridized carbons (Fsp3) is 0.182. The van der Waals surface area contributed by atoms with Crippen LogP contribution in [0.3, 0.4) is 0 Å². The number of carbonyl (C=O) groups excluding carboxylic acids is 1. The number of hydrogen-bond donors (Lipinski definition) is 0. The molecule has 0 aliphatic heterocycles. The second kappa shape index (κ2) is 8.38. The van der Waals surface area contributed by atoms with E-state index in [9.17, 15) is 9.18 Å². The normalized spacial score (nSPS) is 13.2. The van der Waals surface area contributed by atoms with E-state index in [0.29, 0.717) is 21.7 Å². The zero-order valence-corrected chi connectivity index (χ0v) is 16.6. The fourth-order valence-corrected chi connectivity index (χ4v) is 3.61. The lowest BCUT2D eigenvalue weighted by Gasteiger charge is -2.22. The van der Waals surface area contributed by atoms with Crippen LogP contribution in [0.5, 0.6) is 0 Å². The van der Waals surface area contributed by atoms with Crippen LogP contribution in [-0.2, 0) is 5.67 Å². The highest BCUT2D eigenvalue weighted by atomic mass is 35.5. The Kier molecular flexibility index (Phi) is 6.11. The lowest BCUT2D eigenvalue weighted by molar-refractivity contribution is 0.0933. The molecule has 3 aromatic rings. The molecule has 0 spiro atoms. The quantitative estimate of drug-likeness (QED) is 0.400. The second-order valence-electron chi connectivity index (χ2n) is 6.69. The van der Waals surface area contributed by atoms with Gasteiger partial charge in [-0.3, -0.25) is 9.78 Å². The molecule has 1 aromatic heterocycles. The van der Waals surface area contributed by atoms with Crippen LogP contribution in [0.15, 0.2) is 60.9 Å². The van der Waals surface area contributed by atoms with Crippen LogP contribution in [0.2, 0.25) is 10.0 Å². The summed E-state index contributed by atoms with van der Waals surface area (Å²) in [5.74, 6) is -0.695. The Labute approximate surface area is 172 Å². The van der Waals surface area contributed by atoms with E-state index in [2.05, 4.69) is 4.98 Å². The van der Waals surface area contributed by atoms with Crippen LogP contribution in [0.1, 0.15) is 35.7 Å². The number of carbonyl (C=O) groups is 1. The topological polar surface area (TPSA) is 30.0 Å². The number of hydrogen-bond acceptors (Lipinski definition) is 2. The summed E-state index contributed by atoms with van der Waals surface area (Å²) in [7, 11) is 0. The summed E-state index contributed by atoms with van der Waals surface area (Å²) in [6.45, 7) is 1.39. The van der Waals surface area contributed by atoms with E-state index >= 15 is 4.39 Å². The number of ketones is 1. The summed E-state index contributed by atoms with van der Waals surface area (Å²) in [5, 5.41) is 0.552. The van der Waals surface area contributed by atoms with E-state index in [1.54, 1.807) is 42.5 Å². The molecule has 0 saturated heterocycles. The van der Waals surface area contributed by atoms with E-state index in [1.165, 1.54) is 19.2 Å². The fourth-order valence-electron chi connectivity index (χ4n) is 2.99. The molecule has 2 nitrogen and oxygen atoms in total. The maximum absolute atomic E-state index is 15.3. The molecule has 0 radical (unpaired) electrons. The van der Waals surface area contributed by atoms with Crippen molar-refractivity contribution < 1.29 is 13.6 Å². The van der Waals surface area contributed by atoms with Gasteiger partial charge in [0, 0.05) is 34.3 Å². The first kappa shape index (κ1) is 20.4. The number of aromatic nitrogens is 1. The molecule has 6 heteroatoms. The Bertz CT molecular complexity index is 1020. The minimum Gasteiger partial charge on any atom is -0.294 e. The molecule has 0 aliphatic rings. The molecular formula is C22H17Cl2F2NO. The SMILES string of the molecule is CC(F)(CCC(=O)c1ccccc1Cl)c1ccc(-c2cncc(F)c2)cc1Cl. The van der Waals surface area contributed by atoms with Gasteiger partial charge in [-0.25, -0.2) is 8.78 Å². The van der Waals surface area contributed by atoms with Crippen molar-refractivity contribution in [2.45, 2.75) is 25.4 Å². The Hall–Kier alpha value is -2.30. The standard InChI is InChI=1S/C22H17Cl2F2NO/c1-22(26,9-8-21(28)17-4-2-3-5-19(17)23)18-7-6-14(11-20(18)24)15-10-16(25)13-27-12-15/h2-7,10-13H,8-9H2,1H3. The van der Waals surface area contributed by atoms with E-state index in [4.69, 9.17) is 23.2 Å². The molecule has 0 amide bonds. The summed E-state index contributed by atoms with van der Waals surface area (Å²) in [4.78, 5) is 16.2. The summed E-state index contributed by atoms with van der Waals surface area (Å²) in [6, 6.07) is 12.8. The highest BCUT2D eigenvalue weighted by molar-refractivity contribution is 6.34. The molecule has 0 N–H and O–H groups in total. The average Bonchev–Trinajstić information content (AvgIpc) is 2.66. The van der Waals surface area contributed by atoms with Gasteiger partial charge in [0.15, 0.2) is 5.78 Å². The number of alkyl halides is 1. The molecule has 1 heterocycles. The van der Waals surface area contributed by atoms with Crippen LogP contribution in [-0.4, -0.2) is 10.8 Å². The zero-order valence-electron chi connectivity index (χ0n) is 15.1. The monoisotopic (exact) mass is 419 g/mol. The van der Waals surface area contributed by atoms with Gasteiger partial charge in [0.2, 0.25) is 0 Å². The summed E-state index contributed by atoms with van der Waals surface area (Å²) >= 11 is 12.3. The second-order valence-corrected chi connectivity index (χ2v) is 7.50. The lowest BCUT2D eigenvalue weighted by Crippen LogP contribution is -2.18. The number of benzene rings is 2. The molecule has 3 rings (SSSR count). The van der Waals surface area contributed by atoms with Crippen molar-refractivity contribution in [2.75, 3.05) is 0 Å². The van der Waals surface area contributed by atoms with Gasteiger partial charge in [-0.2, -0.15) is 0 Å². The van der Waals surface area contributed by atoms with Crippen molar-refractivity contribution in [3.63, 3.8) is 0 Å². The average molecular weight is 420 g/mol. The maximum Gasteiger partial charge on any atom is 0.164 e. The first-order valence-electron chi connectivity index (χ1n) is 8.65. The molecule has 1 atom stereocenters. The van der Waals surface area contributed by atoms with Crippen LogP contribution in [0, 0.1) is 5.82 Å². The van der Waals surface area contributed by atoms with Gasteiger partial charge in [-0.1, -0.05) is 47.5 Å². The highest BCUT2D eigenvalue weighted by Gasteiger charge is 2.29. The molecular weight excluding hydrogens is 403 g/mol. The van der Waals surface area contributed by atoms with Gasteiger partial charge in [-0.05, 0) is 43.2 Å². The number of Topliss-reactive ketones (excluding diaryl/α,β-unsaturated/α-hetero) is 1. The smallest absolute Gasteiger partial charge is 0.164 e. The Morgan fingerprint density at radius 1 is 1.04 bits per heavy atom. The van der Waals surface area contributed by atoms with Crippen molar-refractivity contribution in [2.24, 2.45) is 0 Å². The minimum atomic E-state index is -1.81. The molecule has 1 unspecified atom stereocenters. The van der Waals surface area contributed by atoms with Gasteiger partial charge in [-0.15, -0.1) is 0 Å². The van der Waals surface area contributed by atoms with Crippen LogP contribution in [0.4, 0.5) is 8.78 Å². The van der Waals surface area contributed by atoms with E-state index in [-0.39, 0.29) is 29.2 Å². The predicted molar refractivity (Wildman–Crippen MR) is 108 cm³/mol. The van der Waals surface area contributed by atoms with Gasteiger partial charge in [0.05, 0.1) is 11.2 Å². The van der Waals surface area contributed by atoms with Crippen molar-refractivity contribution >= 4 is 29.0 Å². The summed E-state index contributed by atoms with van der Waals surface area (Å²) < 4.78 is 28.7. The van der Waals surface area contributed by atoms with Gasteiger partial charge in [0.1, 0.15) is 11.5 Å². The number of halogens is 4. The molecule has 0 saturated carbocycles. The van der Waals surface area contributed by atoms with Crippen molar-refractivity contribution in [1.29, 1.82) is 0 Å². The molecule has 144 valence electrons. The molecule has 28 heavy (non-hydrogen) atoms. The number of pyridine rings is 1. The summed E-state index contributed by atoms with van der Waals surface area (Å²) in [6.07, 6.45) is 2.56. The van der Waals surface area contributed by atoms with Gasteiger partial charge < -0.3 is 0 Å². The highest BCUT2D eigenvalue weighted by Crippen LogP contribution is 2.38. The maximum atomic E-state index is 15.3. The summed E-state index contributed by atoms with van der Waals surface area (Å²) in [5.41, 5.74) is 0.00746. The van der Waals surface area contributed by atoms with Crippen molar-refractivity contribution in [1.82, 2.24) is 4.98 Å². The molecule has 0 fully saturated rings. The molecule has 2 aromatic carbocycles.